The molecule has 0 aromatic heterocycles. The number of piperidine rings is 1. The van der Waals surface area contributed by atoms with Gasteiger partial charge in [0.2, 0.25) is 10.0 Å². The molecule has 128 valence electrons. The zero-order valence-electron chi connectivity index (χ0n) is 13.6. The third kappa shape index (κ3) is 4.53. The Balaban J connectivity index is 2.08. The molecule has 1 heterocycles. The summed E-state index contributed by atoms with van der Waals surface area (Å²) in [6, 6.07) is 5.99. The number of nitrogens with one attached hydrogen (secondary N) is 1. The van der Waals surface area contributed by atoms with Crippen molar-refractivity contribution in [2.75, 3.05) is 26.8 Å². The monoisotopic (exact) mass is 340 g/mol. The van der Waals surface area contributed by atoms with Crippen LogP contribution in [-0.4, -0.2) is 51.5 Å². The van der Waals surface area contributed by atoms with Gasteiger partial charge in [-0.2, -0.15) is 4.31 Å². The van der Waals surface area contributed by atoms with Crippen molar-refractivity contribution in [2.24, 2.45) is 0 Å². The minimum Gasteiger partial charge on any atom is -0.383 e. The van der Waals surface area contributed by atoms with Crippen LogP contribution in [0, 0.1) is 0 Å². The average Bonchev–Trinajstić information content (AvgIpc) is 2.56. The number of sulfonamides is 1. The highest BCUT2D eigenvalue weighted by Gasteiger charge is 2.25. The first kappa shape index (κ1) is 17.9. The molecule has 1 atom stereocenters. The van der Waals surface area contributed by atoms with Gasteiger partial charge < -0.3 is 10.1 Å². The van der Waals surface area contributed by atoms with E-state index in [1.165, 1.54) is 16.4 Å². The Labute approximate surface area is 137 Å². The predicted molar refractivity (Wildman–Crippen MR) is 87.9 cm³/mol. The van der Waals surface area contributed by atoms with Crippen LogP contribution in [0.3, 0.4) is 0 Å². The maximum atomic E-state index is 12.5. The molecule has 1 aromatic carbocycles. The summed E-state index contributed by atoms with van der Waals surface area (Å²) in [7, 11) is -1.88. The molecule has 0 bridgehead atoms. The van der Waals surface area contributed by atoms with Gasteiger partial charge in [0.25, 0.3) is 5.91 Å². The van der Waals surface area contributed by atoms with Crippen LogP contribution in [0.2, 0.25) is 0 Å². The summed E-state index contributed by atoms with van der Waals surface area (Å²) in [5, 5.41) is 2.79. The standard InChI is InChI=1S/C16H24N2O4S/c1-13(12-22-2)17-16(19)14-6-8-15(9-7-14)23(20,21)18-10-4-3-5-11-18/h6-9,13H,3-5,10-12H2,1-2H3,(H,17,19)/t13-/m1/s1. The fourth-order valence-electron chi connectivity index (χ4n) is 2.63. The molecule has 0 radical (unpaired) electrons. The quantitative estimate of drug-likeness (QED) is 0.854. The van der Waals surface area contributed by atoms with E-state index in [9.17, 15) is 13.2 Å². The first-order chi connectivity index (χ1) is 10.9. The topological polar surface area (TPSA) is 75.7 Å². The number of ether oxygens (including phenoxy) is 1. The lowest BCUT2D eigenvalue weighted by Crippen LogP contribution is -2.36. The van der Waals surface area contributed by atoms with Gasteiger partial charge in [-0.05, 0) is 44.0 Å². The molecule has 0 unspecified atom stereocenters. The first-order valence-electron chi connectivity index (χ1n) is 7.85. The third-order valence-electron chi connectivity index (χ3n) is 3.86. The van der Waals surface area contributed by atoms with Gasteiger partial charge in [0.1, 0.15) is 0 Å². The summed E-state index contributed by atoms with van der Waals surface area (Å²) in [4.78, 5) is 12.3. The molecule has 1 saturated heterocycles. The van der Waals surface area contributed by atoms with E-state index in [-0.39, 0.29) is 16.8 Å². The molecule has 7 heteroatoms. The van der Waals surface area contributed by atoms with Crippen LogP contribution in [0.25, 0.3) is 0 Å². The Morgan fingerprint density at radius 1 is 1.22 bits per heavy atom. The molecular formula is C16H24N2O4S. The highest BCUT2D eigenvalue weighted by atomic mass is 32.2. The Bertz CT molecular complexity index is 622. The third-order valence-corrected chi connectivity index (χ3v) is 5.78. The molecule has 0 spiro atoms. The Hall–Kier alpha value is -1.44. The lowest BCUT2D eigenvalue weighted by Gasteiger charge is -2.25. The van der Waals surface area contributed by atoms with Crippen molar-refractivity contribution < 1.29 is 17.9 Å². The van der Waals surface area contributed by atoms with E-state index < -0.39 is 10.0 Å². The van der Waals surface area contributed by atoms with E-state index in [1.807, 2.05) is 6.92 Å². The van der Waals surface area contributed by atoms with Crippen LogP contribution < -0.4 is 5.32 Å². The van der Waals surface area contributed by atoms with Crippen molar-refractivity contribution in [3.8, 4) is 0 Å². The van der Waals surface area contributed by atoms with E-state index >= 15 is 0 Å². The molecule has 1 aliphatic rings. The van der Waals surface area contributed by atoms with Gasteiger partial charge in [0, 0.05) is 31.8 Å². The summed E-state index contributed by atoms with van der Waals surface area (Å²) in [6.45, 7) is 3.40. The van der Waals surface area contributed by atoms with E-state index in [4.69, 9.17) is 4.74 Å². The summed E-state index contributed by atoms with van der Waals surface area (Å²) in [5.74, 6) is -0.239. The second-order valence-electron chi connectivity index (χ2n) is 5.82. The largest absolute Gasteiger partial charge is 0.383 e. The Morgan fingerprint density at radius 3 is 2.39 bits per heavy atom. The molecule has 1 fully saturated rings. The van der Waals surface area contributed by atoms with Gasteiger partial charge in [0.05, 0.1) is 11.5 Å². The number of carbonyl (C=O) groups excluding carboxylic acids is 1. The lowest BCUT2D eigenvalue weighted by atomic mass is 10.2. The number of hydrogen-bond donors (Lipinski definition) is 1. The van der Waals surface area contributed by atoms with Gasteiger partial charge in [-0.1, -0.05) is 6.42 Å². The van der Waals surface area contributed by atoms with Crippen LogP contribution in [0.1, 0.15) is 36.5 Å². The smallest absolute Gasteiger partial charge is 0.251 e. The SMILES string of the molecule is COC[C@@H](C)NC(=O)c1ccc(S(=O)(=O)N2CCCCC2)cc1. The normalized spacial score (nSPS) is 17.7. The number of methoxy groups -OCH3 is 1. The molecule has 1 N–H and O–H groups in total. The van der Waals surface area contributed by atoms with Crippen LogP contribution in [0.5, 0.6) is 0 Å². The molecule has 0 saturated carbocycles. The minimum atomic E-state index is -3.45. The van der Waals surface area contributed by atoms with Crippen LogP contribution in [0.4, 0.5) is 0 Å². The number of nitrogens with zero attached hydrogens (tertiary/aromatic N) is 1. The molecule has 1 aromatic rings. The van der Waals surface area contributed by atoms with E-state index in [1.54, 1.807) is 19.2 Å². The summed E-state index contributed by atoms with van der Waals surface area (Å²) < 4.78 is 31.6. The van der Waals surface area contributed by atoms with Gasteiger partial charge >= 0.3 is 0 Å². The fraction of sp³-hybridized carbons (Fsp3) is 0.562. The summed E-state index contributed by atoms with van der Waals surface area (Å²) in [6.07, 6.45) is 2.87. The summed E-state index contributed by atoms with van der Waals surface area (Å²) in [5.41, 5.74) is 0.436. The number of carbonyl (C=O) groups is 1. The molecule has 0 aliphatic carbocycles. The average molecular weight is 340 g/mol. The molecule has 23 heavy (non-hydrogen) atoms. The van der Waals surface area contributed by atoms with Gasteiger partial charge in [-0.25, -0.2) is 8.42 Å². The molecular weight excluding hydrogens is 316 g/mol. The van der Waals surface area contributed by atoms with Crippen LogP contribution >= 0.6 is 0 Å². The van der Waals surface area contributed by atoms with Crippen LogP contribution in [0.15, 0.2) is 29.2 Å². The first-order valence-corrected chi connectivity index (χ1v) is 9.29. The van der Waals surface area contributed by atoms with Crippen molar-refractivity contribution in [1.82, 2.24) is 9.62 Å². The van der Waals surface area contributed by atoms with Gasteiger partial charge in [0.15, 0.2) is 0 Å². The summed E-state index contributed by atoms with van der Waals surface area (Å²) >= 11 is 0. The van der Waals surface area contributed by atoms with Gasteiger partial charge in [-0.3, -0.25) is 4.79 Å². The van der Waals surface area contributed by atoms with E-state index in [0.29, 0.717) is 25.3 Å². The second-order valence-corrected chi connectivity index (χ2v) is 7.76. The molecule has 1 aliphatic heterocycles. The maximum absolute atomic E-state index is 12.5. The highest BCUT2D eigenvalue weighted by molar-refractivity contribution is 7.89. The molecule has 1 amide bonds. The minimum absolute atomic E-state index is 0.107. The Kier molecular flexibility index (Phi) is 6.15. The van der Waals surface area contributed by atoms with Crippen molar-refractivity contribution >= 4 is 15.9 Å². The van der Waals surface area contributed by atoms with E-state index in [0.717, 1.165) is 19.3 Å². The number of benzene rings is 1. The number of rotatable bonds is 6. The van der Waals surface area contributed by atoms with Crippen molar-refractivity contribution in [3.05, 3.63) is 29.8 Å². The predicted octanol–water partition coefficient (Wildman–Crippen LogP) is 1.63. The fourth-order valence-corrected chi connectivity index (χ4v) is 4.15. The van der Waals surface area contributed by atoms with Crippen molar-refractivity contribution in [2.45, 2.75) is 37.1 Å². The van der Waals surface area contributed by atoms with E-state index in [2.05, 4.69) is 5.32 Å². The number of amides is 1. The van der Waals surface area contributed by atoms with Crippen LogP contribution in [-0.2, 0) is 14.8 Å². The zero-order valence-corrected chi connectivity index (χ0v) is 14.4. The highest BCUT2D eigenvalue weighted by Crippen LogP contribution is 2.20. The second kappa shape index (κ2) is 7.90. The maximum Gasteiger partial charge on any atom is 0.251 e. The molecule has 6 nitrogen and oxygen atoms in total. The lowest BCUT2D eigenvalue weighted by molar-refractivity contribution is 0.0905. The van der Waals surface area contributed by atoms with Crippen molar-refractivity contribution in [3.63, 3.8) is 0 Å². The zero-order chi connectivity index (χ0) is 16.9. The Morgan fingerprint density at radius 2 is 1.83 bits per heavy atom. The number of hydrogen-bond acceptors (Lipinski definition) is 4. The molecule has 2 rings (SSSR count). The van der Waals surface area contributed by atoms with Gasteiger partial charge in [-0.15, -0.1) is 0 Å². The van der Waals surface area contributed by atoms with Crippen molar-refractivity contribution in [1.29, 1.82) is 0 Å².